The zero-order chi connectivity index (χ0) is 17.6. The first-order valence-electron chi connectivity index (χ1n) is 8.58. The SMILES string of the molecule is NC(=O)N[C@@H](CC(=O)N[C@H](c1ccccc1)C1CC1)c1ccccc1. The lowest BCUT2D eigenvalue weighted by atomic mass is 10.0. The van der Waals surface area contributed by atoms with Gasteiger partial charge in [0.15, 0.2) is 0 Å². The van der Waals surface area contributed by atoms with Crippen LogP contribution in [0.2, 0.25) is 0 Å². The van der Waals surface area contributed by atoms with Crippen molar-refractivity contribution in [2.75, 3.05) is 0 Å². The van der Waals surface area contributed by atoms with Gasteiger partial charge in [0, 0.05) is 0 Å². The van der Waals surface area contributed by atoms with Crippen molar-refractivity contribution in [1.82, 2.24) is 10.6 Å². The number of nitrogens with two attached hydrogens (primary N) is 1. The van der Waals surface area contributed by atoms with Gasteiger partial charge in [-0.25, -0.2) is 4.79 Å². The van der Waals surface area contributed by atoms with Crippen LogP contribution in [0.25, 0.3) is 0 Å². The Bertz CT molecular complexity index is 714. The van der Waals surface area contributed by atoms with E-state index in [1.165, 1.54) is 0 Å². The molecule has 0 heterocycles. The average Bonchev–Trinajstić information content (AvgIpc) is 3.45. The van der Waals surface area contributed by atoms with Crippen LogP contribution in [0.3, 0.4) is 0 Å². The van der Waals surface area contributed by atoms with Crippen molar-refractivity contribution in [3.05, 3.63) is 71.8 Å². The monoisotopic (exact) mass is 337 g/mol. The maximum Gasteiger partial charge on any atom is 0.312 e. The Morgan fingerprint density at radius 2 is 1.48 bits per heavy atom. The standard InChI is InChI=1S/C20H23N3O2/c21-20(25)22-17(14-7-3-1-4-8-14)13-18(24)23-19(16-11-12-16)15-9-5-2-6-10-15/h1-10,16-17,19H,11-13H2,(H,23,24)(H3,21,22,25)/t17-,19+/m0/s1. The molecule has 0 spiro atoms. The van der Waals surface area contributed by atoms with Crippen LogP contribution in [0.1, 0.15) is 42.5 Å². The first-order valence-corrected chi connectivity index (χ1v) is 8.58. The summed E-state index contributed by atoms with van der Waals surface area (Å²) in [6.45, 7) is 0. The molecule has 0 radical (unpaired) electrons. The zero-order valence-corrected chi connectivity index (χ0v) is 14.0. The summed E-state index contributed by atoms with van der Waals surface area (Å²) in [4.78, 5) is 23.9. The average molecular weight is 337 g/mol. The molecular weight excluding hydrogens is 314 g/mol. The van der Waals surface area contributed by atoms with Crippen molar-refractivity contribution in [1.29, 1.82) is 0 Å². The predicted molar refractivity (Wildman–Crippen MR) is 96.6 cm³/mol. The smallest absolute Gasteiger partial charge is 0.312 e. The summed E-state index contributed by atoms with van der Waals surface area (Å²) in [5, 5.41) is 5.80. The number of nitrogens with one attached hydrogen (secondary N) is 2. The van der Waals surface area contributed by atoms with Crippen LogP contribution in [-0.2, 0) is 4.79 Å². The molecule has 2 atom stereocenters. The lowest BCUT2D eigenvalue weighted by Crippen LogP contribution is -2.38. The van der Waals surface area contributed by atoms with Crippen LogP contribution in [0, 0.1) is 5.92 Å². The highest BCUT2D eigenvalue weighted by molar-refractivity contribution is 5.79. The maximum atomic E-state index is 12.6. The van der Waals surface area contributed by atoms with Gasteiger partial charge in [0.2, 0.25) is 5.91 Å². The van der Waals surface area contributed by atoms with Crippen molar-refractivity contribution in [2.45, 2.75) is 31.3 Å². The van der Waals surface area contributed by atoms with E-state index in [4.69, 9.17) is 5.73 Å². The minimum atomic E-state index is -0.636. The van der Waals surface area contributed by atoms with E-state index in [2.05, 4.69) is 10.6 Å². The first kappa shape index (κ1) is 17.0. The Morgan fingerprint density at radius 1 is 0.920 bits per heavy atom. The topological polar surface area (TPSA) is 84.2 Å². The number of benzene rings is 2. The van der Waals surface area contributed by atoms with Crippen LogP contribution in [-0.4, -0.2) is 11.9 Å². The summed E-state index contributed by atoms with van der Waals surface area (Å²) in [6.07, 6.45) is 2.41. The minimum absolute atomic E-state index is 0.0266. The van der Waals surface area contributed by atoms with E-state index in [1.54, 1.807) is 0 Å². The van der Waals surface area contributed by atoms with E-state index < -0.39 is 12.1 Å². The number of urea groups is 1. The molecule has 130 valence electrons. The molecule has 1 aliphatic carbocycles. The molecule has 1 saturated carbocycles. The summed E-state index contributed by atoms with van der Waals surface area (Å²) >= 11 is 0. The molecule has 2 aromatic carbocycles. The highest BCUT2D eigenvalue weighted by Crippen LogP contribution is 2.41. The van der Waals surface area contributed by atoms with E-state index in [0.29, 0.717) is 5.92 Å². The molecular formula is C20H23N3O2. The molecule has 2 aromatic rings. The lowest BCUT2D eigenvalue weighted by molar-refractivity contribution is -0.122. The van der Waals surface area contributed by atoms with Crippen molar-refractivity contribution in [2.24, 2.45) is 11.7 Å². The van der Waals surface area contributed by atoms with Gasteiger partial charge >= 0.3 is 6.03 Å². The Kier molecular flexibility index (Phi) is 5.33. The third-order valence-corrected chi connectivity index (χ3v) is 4.48. The molecule has 5 nitrogen and oxygen atoms in total. The van der Waals surface area contributed by atoms with E-state index in [1.807, 2.05) is 60.7 Å². The third kappa shape index (κ3) is 4.83. The molecule has 0 saturated heterocycles. The molecule has 1 fully saturated rings. The second-order valence-corrected chi connectivity index (χ2v) is 6.47. The second-order valence-electron chi connectivity index (χ2n) is 6.47. The van der Waals surface area contributed by atoms with Crippen molar-refractivity contribution in [3.8, 4) is 0 Å². The van der Waals surface area contributed by atoms with Crippen LogP contribution >= 0.6 is 0 Å². The molecule has 4 N–H and O–H groups in total. The molecule has 3 amide bonds. The van der Waals surface area contributed by atoms with Crippen molar-refractivity contribution >= 4 is 11.9 Å². The van der Waals surface area contributed by atoms with Crippen molar-refractivity contribution in [3.63, 3.8) is 0 Å². The van der Waals surface area contributed by atoms with Gasteiger partial charge in [-0.2, -0.15) is 0 Å². The number of carbonyl (C=O) groups excluding carboxylic acids is 2. The molecule has 0 bridgehead atoms. The maximum absolute atomic E-state index is 12.6. The highest BCUT2D eigenvalue weighted by atomic mass is 16.2. The fraction of sp³-hybridized carbons (Fsp3) is 0.300. The van der Waals surface area contributed by atoms with Gasteiger partial charge in [-0.05, 0) is 29.9 Å². The third-order valence-electron chi connectivity index (χ3n) is 4.48. The highest BCUT2D eigenvalue weighted by Gasteiger charge is 2.33. The zero-order valence-electron chi connectivity index (χ0n) is 14.0. The Labute approximate surface area is 147 Å². The van der Waals surface area contributed by atoms with Crippen LogP contribution < -0.4 is 16.4 Å². The summed E-state index contributed by atoms with van der Waals surface area (Å²) in [7, 11) is 0. The quantitative estimate of drug-likeness (QED) is 0.725. The van der Waals surface area contributed by atoms with Gasteiger partial charge in [0.25, 0.3) is 0 Å². The Balaban J connectivity index is 1.69. The predicted octanol–water partition coefficient (Wildman–Crippen LogP) is 3.05. The van der Waals surface area contributed by atoms with Gasteiger partial charge in [0.1, 0.15) is 0 Å². The molecule has 0 aliphatic heterocycles. The fourth-order valence-electron chi connectivity index (χ4n) is 3.09. The molecule has 0 unspecified atom stereocenters. The Hall–Kier alpha value is -2.82. The van der Waals surface area contributed by atoms with Crippen LogP contribution in [0.5, 0.6) is 0 Å². The number of primary amides is 1. The summed E-state index contributed by atoms with van der Waals surface area (Å²) < 4.78 is 0. The van der Waals surface area contributed by atoms with E-state index in [9.17, 15) is 9.59 Å². The van der Waals surface area contributed by atoms with Crippen molar-refractivity contribution < 1.29 is 9.59 Å². The molecule has 3 rings (SSSR count). The molecule has 5 heteroatoms. The summed E-state index contributed by atoms with van der Waals surface area (Å²) in [6, 6.07) is 18.4. The van der Waals surface area contributed by atoms with E-state index in [0.717, 1.165) is 24.0 Å². The van der Waals surface area contributed by atoms with E-state index >= 15 is 0 Å². The van der Waals surface area contributed by atoms with Gasteiger partial charge in [-0.15, -0.1) is 0 Å². The number of hydrogen-bond acceptors (Lipinski definition) is 2. The lowest BCUT2D eigenvalue weighted by Gasteiger charge is -2.22. The molecule has 1 aliphatic rings. The van der Waals surface area contributed by atoms with Crippen LogP contribution in [0.15, 0.2) is 60.7 Å². The Morgan fingerprint density at radius 3 is 2.00 bits per heavy atom. The van der Waals surface area contributed by atoms with Gasteiger partial charge < -0.3 is 16.4 Å². The van der Waals surface area contributed by atoms with Gasteiger partial charge in [0.05, 0.1) is 18.5 Å². The first-order chi connectivity index (χ1) is 12.1. The number of carbonyl (C=O) groups is 2. The minimum Gasteiger partial charge on any atom is -0.352 e. The summed E-state index contributed by atoms with van der Waals surface area (Å²) in [5.74, 6) is 0.397. The van der Waals surface area contributed by atoms with E-state index in [-0.39, 0.29) is 18.4 Å². The van der Waals surface area contributed by atoms with Crippen LogP contribution in [0.4, 0.5) is 4.79 Å². The van der Waals surface area contributed by atoms with Gasteiger partial charge in [-0.1, -0.05) is 60.7 Å². The largest absolute Gasteiger partial charge is 0.352 e. The molecule has 0 aromatic heterocycles. The summed E-state index contributed by atoms with van der Waals surface area (Å²) in [5.41, 5.74) is 7.26. The number of amides is 3. The normalized spacial score (nSPS) is 15.8. The molecule has 25 heavy (non-hydrogen) atoms. The number of hydrogen-bond donors (Lipinski definition) is 3. The van der Waals surface area contributed by atoms with Gasteiger partial charge in [-0.3, -0.25) is 4.79 Å². The second kappa shape index (κ2) is 7.83. The number of rotatable bonds is 7. The fourth-order valence-corrected chi connectivity index (χ4v) is 3.09.